The van der Waals surface area contributed by atoms with Crippen LogP contribution in [0.2, 0.25) is 0 Å². The summed E-state index contributed by atoms with van der Waals surface area (Å²) in [6.07, 6.45) is 8.47. The number of fused-ring (bicyclic) bond motifs is 4. The van der Waals surface area contributed by atoms with Gasteiger partial charge in [0.15, 0.2) is 0 Å². The first kappa shape index (κ1) is 22.2. The highest BCUT2D eigenvalue weighted by atomic mass is 19.3. The number of aromatic nitrogens is 1. The Morgan fingerprint density at radius 3 is 2.44 bits per heavy atom. The molecule has 2 saturated carbocycles. The smallest absolute Gasteiger partial charge is 0.248 e. The molecule has 1 nitrogen and oxygen atoms in total. The molecular weight excluding hydrogens is 448 g/mol. The summed E-state index contributed by atoms with van der Waals surface area (Å²) in [5, 5.41) is 2.39. The molecule has 0 aliphatic heterocycles. The summed E-state index contributed by atoms with van der Waals surface area (Å²) < 4.78 is 28.1. The van der Waals surface area contributed by atoms with Crippen molar-refractivity contribution >= 4 is 10.8 Å². The summed E-state index contributed by atoms with van der Waals surface area (Å²) in [5.74, 6) is -2.08. The maximum Gasteiger partial charge on any atom is 0.248 e. The van der Waals surface area contributed by atoms with E-state index in [1.807, 2.05) is 0 Å². The van der Waals surface area contributed by atoms with Gasteiger partial charge in [0.2, 0.25) is 5.92 Å². The van der Waals surface area contributed by atoms with Gasteiger partial charge in [-0.1, -0.05) is 61.4 Å². The topological polar surface area (TPSA) is 12.9 Å². The minimum Gasteiger partial charge on any atom is -0.255 e. The molecule has 2 fully saturated rings. The first-order chi connectivity index (χ1) is 17.5. The molecule has 3 heteroatoms. The Kier molecular flexibility index (Phi) is 5.06. The van der Waals surface area contributed by atoms with Crippen LogP contribution in [0.5, 0.6) is 0 Å². The zero-order valence-corrected chi connectivity index (χ0v) is 20.8. The lowest BCUT2D eigenvalue weighted by atomic mass is 9.87. The van der Waals surface area contributed by atoms with Gasteiger partial charge in [-0.2, -0.15) is 0 Å². The predicted molar refractivity (Wildman–Crippen MR) is 143 cm³/mol. The molecular formula is C33H31F2N. The molecule has 1 aromatic heterocycles. The van der Waals surface area contributed by atoms with Crippen LogP contribution in [0.4, 0.5) is 8.78 Å². The van der Waals surface area contributed by atoms with Crippen molar-refractivity contribution in [3.63, 3.8) is 0 Å². The fourth-order valence-electron chi connectivity index (χ4n) is 7.13. The van der Waals surface area contributed by atoms with Gasteiger partial charge >= 0.3 is 0 Å². The van der Waals surface area contributed by atoms with Crippen LogP contribution in [-0.4, -0.2) is 10.9 Å². The van der Waals surface area contributed by atoms with Crippen molar-refractivity contribution in [2.45, 2.75) is 76.0 Å². The van der Waals surface area contributed by atoms with Gasteiger partial charge < -0.3 is 0 Å². The van der Waals surface area contributed by atoms with E-state index in [0.717, 1.165) is 23.1 Å². The van der Waals surface area contributed by atoms with E-state index >= 15 is 0 Å². The molecule has 1 unspecified atom stereocenters. The van der Waals surface area contributed by atoms with Crippen molar-refractivity contribution in [3.8, 4) is 22.4 Å². The largest absolute Gasteiger partial charge is 0.255 e. The van der Waals surface area contributed by atoms with Crippen LogP contribution in [0.3, 0.4) is 0 Å². The quantitative estimate of drug-likeness (QED) is 0.251. The number of pyridine rings is 1. The lowest BCUT2D eigenvalue weighted by Crippen LogP contribution is -2.09. The van der Waals surface area contributed by atoms with Gasteiger partial charge in [0.25, 0.3) is 0 Å². The van der Waals surface area contributed by atoms with Crippen molar-refractivity contribution in [3.05, 3.63) is 88.6 Å². The molecule has 0 bridgehead atoms. The van der Waals surface area contributed by atoms with E-state index in [4.69, 9.17) is 4.98 Å². The summed E-state index contributed by atoms with van der Waals surface area (Å²) in [5.41, 5.74) is 11.2. The zero-order valence-electron chi connectivity index (χ0n) is 20.8. The Hall–Kier alpha value is -3.07. The lowest BCUT2D eigenvalue weighted by Gasteiger charge is -2.19. The summed E-state index contributed by atoms with van der Waals surface area (Å²) in [7, 11) is 0. The normalized spacial score (nSPS) is 20.7. The van der Waals surface area contributed by atoms with Crippen LogP contribution < -0.4 is 0 Å². The molecule has 3 aromatic carbocycles. The van der Waals surface area contributed by atoms with Gasteiger partial charge in [-0.15, -0.1) is 0 Å². The Labute approximate surface area is 211 Å². The van der Waals surface area contributed by atoms with E-state index in [0.29, 0.717) is 12.3 Å². The van der Waals surface area contributed by atoms with Crippen molar-refractivity contribution < 1.29 is 8.78 Å². The summed E-state index contributed by atoms with van der Waals surface area (Å²) in [6.45, 7) is 2.16. The van der Waals surface area contributed by atoms with E-state index in [2.05, 4.69) is 67.7 Å². The van der Waals surface area contributed by atoms with Crippen LogP contribution >= 0.6 is 0 Å². The third-order valence-corrected chi connectivity index (χ3v) is 8.94. The molecule has 0 saturated heterocycles. The number of hydrogen-bond donors (Lipinski definition) is 0. The van der Waals surface area contributed by atoms with Crippen molar-refractivity contribution in [2.24, 2.45) is 0 Å². The molecule has 0 amide bonds. The number of nitrogens with zero attached hydrogens (tertiary/aromatic N) is 1. The summed E-state index contributed by atoms with van der Waals surface area (Å²) in [4.78, 5) is 5.13. The predicted octanol–water partition coefficient (Wildman–Crippen LogP) is 9.34. The highest BCUT2D eigenvalue weighted by molar-refractivity contribution is 5.99. The van der Waals surface area contributed by atoms with Crippen LogP contribution in [0.25, 0.3) is 33.2 Å². The van der Waals surface area contributed by atoms with Crippen LogP contribution in [0.15, 0.2) is 60.8 Å². The van der Waals surface area contributed by atoms with Gasteiger partial charge in [0.05, 0.1) is 5.69 Å². The number of hydrogen-bond acceptors (Lipinski definition) is 1. The lowest BCUT2D eigenvalue weighted by molar-refractivity contribution is 0.00777. The highest BCUT2D eigenvalue weighted by Crippen LogP contribution is 2.48. The Morgan fingerprint density at radius 1 is 0.833 bits per heavy atom. The second kappa shape index (κ2) is 8.23. The minimum absolute atomic E-state index is 0.00275. The standard InChI is InChI=1S/C33H31F2N/c1-20-14-27-25-9-5-4-8-23(25)17-29(27)30(15-20)32-26-11-10-22(24-12-13-33(34,35)18-24)16-28(26)31(19-36-32)21-6-2-3-7-21/h4-5,8-11,14-16,19,21,24H,2-3,6-7,12-13,17-18H2,1H3. The van der Waals surface area contributed by atoms with Crippen molar-refractivity contribution in [1.29, 1.82) is 0 Å². The molecule has 4 aromatic rings. The van der Waals surface area contributed by atoms with Crippen LogP contribution in [0, 0.1) is 6.92 Å². The second-order valence-electron chi connectivity index (χ2n) is 11.3. The molecule has 36 heavy (non-hydrogen) atoms. The van der Waals surface area contributed by atoms with Crippen LogP contribution in [0.1, 0.15) is 84.6 Å². The molecule has 1 atom stereocenters. The molecule has 0 N–H and O–H groups in total. The molecule has 0 spiro atoms. The number of alkyl halides is 2. The fraction of sp³-hybridized carbons (Fsp3) is 0.364. The molecule has 3 aliphatic rings. The number of rotatable bonds is 3. The second-order valence-corrected chi connectivity index (χ2v) is 11.3. The summed E-state index contributed by atoms with van der Waals surface area (Å²) in [6, 6.07) is 19.8. The van der Waals surface area contributed by atoms with Crippen molar-refractivity contribution in [2.75, 3.05) is 0 Å². The van der Waals surface area contributed by atoms with E-state index in [1.165, 1.54) is 70.0 Å². The first-order valence-electron chi connectivity index (χ1n) is 13.5. The van der Waals surface area contributed by atoms with Gasteiger partial charge in [-0.05, 0) is 94.8 Å². The maximum atomic E-state index is 14.1. The van der Waals surface area contributed by atoms with E-state index in [1.54, 1.807) is 0 Å². The monoisotopic (exact) mass is 479 g/mol. The third kappa shape index (κ3) is 3.58. The Bertz CT molecular complexity index is 1500. The minimum atomic E-state index is -2.53. The fourth-order valence-corrected chi connectivity index (χ4v) is 7.13. The Balaban J connectivity index is 1.42. The van der Waals surface area contributed by atoms with Gasteiger partial charge in [0.1, 0.15) is 0 Å². The molecule has 7 rings (SSSR count). The highest BCUT2D eigenvalue weighted by Gasteiger charge is 2.40. The Morgan fingerprint density at radius 2 is 1.64 bits per heavy atom. The molecule has 1 heterocycles. The van der Waals surface area contributed by atoms with Gasteiger partial charge in [-0.25, -0.2) is 8.78 Å². The number of aryl methyl sites for hydroxylation is 1. The van der Waals surface area contributed by atoms with E-state index < -0.39 is 5.92 Å². The molecule has 182 valence electrons. The van der Waals surface area contributed by atoms with Gasteiger partial charge in [0, 0.05) is 30.0 Å². The first-order valence-corrected chi connectivity index (χ1v) is 13.5. The maximum absolute atomic E-state index is 14.1. The van der Waals surface area contributed by atoms with Crippen LogP contribution in [-0.2, 0) is 6.42 Å². The molecule has 0 radical (unpaired) electrons. The third-order valence-electron chi connectivity index (χ3n) is 8.94. The van der Waals surface area contributed by atoms with Crippen molar-refractivity contribution in [1.82, 2.24) is 4.98 Å². The molecule has 3 aliphatic carbocycles. The van der Waals surface area contributed by atoms with Gasteiger partial charge in [-0.3, -0.25) is 4.98 Å². The number of benzene rings is 3. The zero-order chi connectivity index (χ0) is 24.4. The SMILES string of the molecule is Cc1cc2c(c(-c3ncc(C4CCCC4)c4cc(C5CCC(F)(F)C5)ccc34)c1)Cc1ccccc1-2. The van der Waals surface area contributed by atoms with E-state index in [9.17, 15) is 8.78 Å². The summed E-state index contributed by atoms with van der Waals surface area (Å²) >= 11 is 0. The average molecular weight is 480 g/mol. The van der Waals surface area contributed by atoms with E-state index in [-0.39, 0.29) is 18.8 Å². The number of halogens is 2. The average Bonchev–Trinajstić information content (AvgIpc) is 3.61.